The summed E-state index contributed by atoms with van der Waals surface area (Å²) in [6.45, 7) is 3.79. The summed E-state index contributed by atoms with van der Waals surface area (Å²) in [6.07, 6.45) is 0. The lowest BCUT2D eigenvalue weighted by Gasteiger charge is -2.11. The van der Waals surface area contributed by atoms with Crippen LogP contribution in [-0.4, -0.2) is 6.04 Å². The Balaban J connectivity index is 3.10. The minimum atomic E-state index is -0.382. The van der Waals surface area contributed by atoms with Crippen molar-refractivity contribution in [3.05, 3.63) is 29.6 Å². The zero-order valence-corrected chi connectivity index (χ0v) is 7.63. The number of nitriles is 1. The third-order valence-electron chi connectivity index (χ3n) is 1.57. The molecular weight excluding hydrogens is 167 g/mol. The highest BCUT2D eigenvalue weighted by Gasteiger charge is 2.07. The van der Waals surface area contributed by atoms with Crippen molar-refractivity contribution in [2.45, 2.75) is 19.9 Å². The van der Waals surface area contributed by atoms with E-state index in [1.165, 1.54) is 12.1 Å². The van der Waals surface area contributed by atoms with Gasteiger partial charge < -0.3 is 5.32 Å². The van der Waals surface area contributed by atoms with Crippen LogP contribution in [0.5, 0.6) is 0 Å². The van der Waals surface area contributed by atoms with Gasteiger partial charge in [0, 0.05) is 6.04 Å². The summed E-state index contributed by atoms with van der Waals surface area (Å²) in [5.74, 6) is -0.382. The third kappa shape index (κ3) is 2.19. The number of halogens is 1. The maximum atomic E-state index is 13.2. The second kappa shape index (κ2) is 3.90. The molecule has 68 valence electrons. The number of nitrogens with zero attached hydrogens (tertiary/aromatic N) is 1. The SMILES string of the molecule is CC(C)Nc1c(F)cccc1C#N. The van der Waals surface area contributed by atoms with Crippen LogP contribution in [0.15, 0.2) is 18.2 Å². The second-order valence-corrected chi connectivity index (χ2v) is 3.07. The fourth-order valence-corrected chi connectivity index (χ4v) is 1.05. The first kappa shape index (κ1) is 9.53. The summed E-state index contributed by atoms with van der Waals surface area (Å²) in [6, 6.07) is 6.51. The highest BCUT2D eigenvalue weighted by atomic mass is 19.1. The molecule has 13 heavy (non-hydrogen) atoms. The van der Waals surface area contributed by atoms with E-state index in [1.807, 2.05) is 19.9 Å². The van der Waals surface area contributed by atoms with Gasteiger partial charge in [0.1, 0.15) is 11.9 Å². The lowest BCUT2D eigenvalue weighted by molar-refractivity contribution is 0.627. The molecular formula is C10H11FN2. The molecule has 0 radical (unpaired) electrons. The molecule has 1 aromatic carbocycles. The van der Waals surface area contributed by atoms with Crippen LogP contribution in [0.1, 0.15) is 19.4 Å². The summed E-state index contributed by atoms with van der Waals surface area (Å²) in [4.78, 5) is 0. The van der Waals surface area contributed by atoms with Crippen LogP contribution in [-0.2, 0) is 0 Å². The summed E-state index contributed by atoms with van der Waals surface area (Å²) >= 11 is 0. The predicted molar refractivity (Wildman–Crippen MR) is 49.9 cm³/mol. The fraction of sp³-hybridized carbons (Fsp3) is 0.300. The van der Waals surface area contributed by atoms with E-state index in [-0.39, 0.29) is 11.9 Å². The van der Waals surface area contributed by atoms with Crippen LogP contribution >= 0.6 is 0 Å². The van der Waals surface area contributed by atoms with Crippen LogP contribution in [0.25, 0.3) is 0 Å². The van der Waals surface area contributed by atoms with E-state index in [4.69, 9.17) is 5.26 Å². The molecule has 1 aromatic rings. The number of rotatable bonds is 2. The van der Waals surface area contributed by atoms with Crippen LogP contribution in [0.4, 0.5) is 10.1 Å². The van der Waals surface area contributed by atoms with Gasteiger partial charge in [-0.15, -0.1) is 0 Å². The molecule has 0 fully saturated rings. The second-order valence-electron chi connectivity index (χ2n) is 3.07. The van der Waals surface area contributed by atoms with Gasteiger partial charge in [-0.2, -0.15) is 5.26 Å². The Morgan fingerprint density at radius 3 is 2.69 bits per heavy atom. The normalized spacial score (nSPS) is 9.77. The average Bonchev–Trinajstić information content (AvgIpc) is 2.08. The van der Waals surface area contributed by atoms with Gasteiger partial charge >= 0.3 is 0 Å². The Morgan fingerprint density at radius 1 is 1.46 bits per heavy atom. The molecule has 0 saturated heterocycles. The predicted octanol–water partition coefficient (Wildman–Crippen LogP) is 2.52. The van der Waals surface area contributed by atoms with Crippen molar-refractivity contribution >= 4 is 5.69 Å². The Hall–Kier alpha value is -1.56. The van der Waals surface area contributed by atoms with Gasteiger partial charge in [0.25, 0.3) is 0 Å². The Bertz CT molecular complexity index is 339. The Labute approximate surface area is 77.0 Å². The topological polar surface area (TPSA) is 35.8 Å². The van der Waals surface area contributed by atoms with Gasteiger partial charge in [0.2, 0.25) is 0 Å². The van der Waals surface area contributed by atoms with Gasteiger partial charge in [0.15, 0.2) is 0 Å². The molecule has 0 bridgehead atoms. The van der Waals surface area contributed by atoms with Crippen LogP contribution in [0.3, 0.4) is 0 Å². The first-order valence-corrected chi connectivity index (χ1v) is 4.10. The molecule has 0 saturated carbocycles. The molecule has 0 unspecified atom stereocenters. The van der Waals surface area contributed by atoms with E-state index < -0.39 is 0 Å². The van der Waals surface area contributed by atoms with Crippen molar-refractivity contribution < 1.29 is 4.39 Å². The molecule has 1 N–H and O–H groups in total. The van der Waals surface area contributed by atoms with Crippen LogP contribution in [0.2, 0.25) is 0 Å². The molecule has 0 heterocycles. The first-order chi connectivity index (χ1) is 6.15. The lowest BCUT2D eigenvalue weighted by Crippen LogP contribution is -2.12. The maximum Gasteiger partial charge on any atom is 0.147 e. The van der Waals surface area contributed by atoms with E-state index in [1.54, 1.807) is 6.07 Å². The zero-order chi connectivity index (χ0) is 9.84. The average molecular weight is 178 g/mol. The monoisotopic (exact) mass is 178 g/mol. The minimum absolute atomic E-state index is 0.115. The van der Waals surface area contributed by atoms with Crippen LogP contribution in [0, 0.1) is 17.1 Å². The van der Waals surface area contributed by atoms with Crippen molar-refractivity contribution in [2.24, 2.45) is 0 Å². The smallest absolute Gasteiger partial charge is 0.147 e. The maximum absolute atomic E-state index is 13.2. The summed E-state index contributed by atoms with van der Waals surface area (Å²) < 4.78 is 13.2. The Kier molecular flexibility index (Phi) is 2.86. The summed E-state index contributed by atoms with van der Waals surface area (Å²) in [5.41, 5.74) is 0.633. The minimum Gasteiger partial charge on any atom is -0.379 e. The number of benzene rings is 1. The highest BCUT2D eigenvalue weighted by molar-refractivity contribution is 5.58. The van der Waals surface area contributed by atoms with Crippen molar-refractivity contribution in [3.63, 3.8) is 0 Å². The van der Waals surface area contributed by atoms with E-state index in [2.05, 4.69) is 5.32 Å². The number of para-hydroxylation sites is 1. The molecule has 0 aliphatic rings. The molecule has 0 aromatic heterocycles. The van der Waals surface area contributed by atoms with Gasteiger partial charge in [-0.05, 0) is 26.0 Å². The molecule has 0 aliphatic heterocycles. The zero-order valence-electron chi connectivity index (χ0n) is 7.63. The lowest BCUT2D eigenvalue weighted by atomic mass is 10.1. The molecule has 1 rings (SSSR count). The van der Waals surface area contributed by atoms with Crippen LogP contribution < -0.4 is 5.32 Å². The van der Waals surface area contributed by atoms with Crippen molar-refractivity contribution in [3.8, 4) is 6.07 Å². The van der Waals surface area contributed by atoms with Gasteiger partial charge in [-0.1, -0.05) is 6.07 Å². The number of anilines is 1. The van der Waals surface area contributed by atoms with Gasteiger partial charge in [0.05, 0.1) is 11.3 Å². The summed E-state index contributed by atoms with van der Waals surface area (Å²) in [7, 11) is 0. The fourth-order valence-electron chi connectivity index (χ4n) is 1.05. The molecule has 3 heteroatoms. The van der Waals surface area contributed by atoms with Gasteiger partial charge in [-0.25, -0.2) is 4.39 Å². The van der Waals surface area contributed by atoms with Crippen molar-refractivity contribution in [2.75, 3.05) is 5.32 Å². The van der Waals surface area contributed by atoms with Gasteiger partial charge in [-0.3, -0.25) is 0 Å². The first-order valence-electron chi connectivity index (χ1n) is 4.10. The number of hydrogen-bond donors (Lipinski definition) is 1. The number of hydrogen-bond acceptors (Lipinski definition) is 2. The summed E-state index contributed by atoms with van der Waals surface area (Å²) in [5, 5.41) is 11.6. The van der Waals surface area contributed by atoms with E-state index in [9.17, 15) is 4.39 Å². The van der Waals surface area contributed by atoms with E-state index in [0.29, 0.717) is 11.3 Å². The quantitative estimate of drug-likeness (QED) is 0.755. The molecule has 0 aliphatic carbocycles. The third-order valence-corrected chi connectivity index (χ3v) is 1.57. The molecule has 0 atom stereocenters. The van der Waals surface area contributed by atoms with E-state index >= 15 is 0 Å². The highest BCUT2D eigenvalue weighted by Crippen LogP contribution is 2.19. The molecule has 0 amide bonds. The van der Waals surface area contributed by atoms with Crippen molar-refractivity contribution in [1.29, 1.82) is 5.26 Å². The largest absolute Gasteiger partial charge is 0.379 e. The van der Waals surface area contributed by atoms with E-state index in [0.717, 1.165) is 0 Å². The molecule has 2 nitrogen and oxygen atoms in total. The number of nitrogens with one attached hydrogen (secondary N) is 1. The standard InChI is InChI=1S/C10H11FN2/c1-7(2)13-10-8(6-12)4-3-5-9(10)11/h3-5,7,13H,1-2H3. The molecule has 0 spiro atoms. The Morgan fingerprint density at radius 2 is 2.15 bits per heavy atom. The van der Waals surface area contributed by atoms with Crippen molar-refractivity contribution in [1.82, 2.24) is 0 Å².